The summed E-state index contributed by atoms with van der Waals surface area (Å²) in [6.07, 6.45) is 14.3. The summed E-state index contributed by atoms with van der Waals surface area (Å²) in [5.41, 5.74) is 4.14. The van der Waals surface area contributed by atoms with Crippen molar-refractivity contribution in [1.82, 2.24) is 4.31 Å². The SMILES string of the molecule is CCN1CCCc2cc(CN(C3CCCC3)S(=O)(=O)c3cccc(NC(=O)C=CC4CCCC4)c3)ccc21. The van der Waals surface area contributed by atoms with E-state index in [1.54, 1.807) is 34.6 Å². The van der Waals surface area contributed by atoms with E-state index >= 15 is 0 Å². The van der Waals surface area contributed by atoms with Gasteiger partial charge in [-0.25, -0.2) is 8.42 Å². The maximum absolute atomic E-state index is 14.0. The summed E-state index contributed by atoms with van der Waals surface area (Å²) in [6.45, 7) is 4.61. The van der Waals surface area contributed by atoms with Gasteiger partial charge in [0.15, 0.2) is 0 Å². The highest BCUT2D eigenvalue weighted by atomic mass is 32.2. The van der Waals surface area contributed by atoms with E-state index in [0.717, 1.165) is 70.0 Å². The molecular formula is C31H41N3O3S. The summed E-state index contributed by atoms with van der Waals surface area (Å²) in [5.74, 6) is 0.260. The minimum Gasteiger partial charge on any atom is -0.372 e. The maximum atomic E-state index is 14.0. The topological polar surface area (TPSA) is 69.7 Å². The Balaban J connectivity index is 1.36. The van der Waals surface area contributed by atoms with Crippen molar-refractivity contribution in [3.8, 4) is 0 Å². The summed E-state index contributed by atoms with van der Waals surface area (Å²) >= 11 is 0. The molecular weight excluding hydrogens is 494 g/mol. The van der Waals surface area contributed by atoms with Gasteiger partial charge in [-0.3, -0.25) is 4.79 Å². The summed E-state index contributed by atoms with van der Waals surface area (Å²) in [7, 11) is -3.75. The van der Waals surface area contributed by atoms with Gasteiger partial charge in [0.1, 0.15) is 0 Å². The molecule has 2 fully saturated rings. The zero-order valence-electron chi connectivity index (χ0n) is 22.6. The first-order valence-corrected chi connectivity index (χ1v) is 15.9. The average molecular weight is 536 g/mol. The number of hydrogen-bond donors (Lipinski definition) is 1. The van der Waals surface area contributed by atoms with E-state index in [0.29, 0.717) is 18.2 Å². The second-order valence-electron chi connectivity index (χ2n) is 11.1. The molecule has 1 amide bonds. The molecule has 2 saturated carbocycles. The van der Waals surface area contributed by atoms with Gasteiger partial charge < -0.3 is 10.2 Å². The minimum absolute atomic E-state index is 0.00392. The first-order chi connectivity index (χ1) is 18.4. The number of nitrogens with one attached hydrogen (secondary N) is 1. The molecule has 0 bridgehead atoms. The summed E-state index contributed by atoms with van der Waals surface area (Å²) in [4.78, 5) is 15.1. The van der Waals surface area contributed by atoms with Gasteiger partial charge in [0.05, 0.1) is 4.90 Å². The number of hydrogen-bond acceptors (Lipinski definition) is 4. The minimum atomic E-state index is -3.75. The highest BCUT2D eigenvalue weighted by Crippen LogP contribution is 2.33. The summed E-state index contributed by atoms with van der Waals surface area (Å²) in [5, 5.41) is 2.87. The van der Waals surface area contributed by atoms with E-state index in [1.807, 2.05) is 6.08 Å². The first kappa shape index (κ1) is 26.9. The van der Waals surface area contributed by atoms with Crippen LogP contribution in [0.3, 0.4) is 0 Å². The molecule has 204 valence electrons. The van der Waals surface area contributed by atoms with Gasteiger partial charge in [0, 0.05) is 37.1 Å². The van der Waals surface area contributed by atoms with Crippen molar-refractivity contribution < 1.29 is 13.2 Å². The van der Waals surface area contributed by atoms with Gasteiger partial charge in [-0.05, 0) is 92.8 Å². The molecule has 2 aromatic carbocycles. The highest BCUT2D eigenvalue weighted by Gasteiger charge is 2.34. The third-order valence-corrected chi connectivity index (χ3v) is 10.3. The number of benzene rings is 2. The van der Waals surface area contributed by atoms with Gasteiger partial charge in [-0.1, -0.05) is 50.0 Å². The standard InChI is InChI=1S/C31H41N3O3S/c1-2-33-20-8-11-26-21-25(16-18-30(26)33)23-34(28-13-5-6-14-28)38(36,37)29-15-7-12-27(22-29)32-31(35)19-17-24-9-3-4-10-24/h7,12,15-19,21-22,24,28H,2-6,8-11,13-14,20,23H2,1H3,(H,32,35). The normalized spacial score (nSPS) is 18.9. The number of sulfonamides is 1. The van der Waals surface area contributed by atoms with Gasteiger partial charge >= 0.3 is 0 Å². The van der Waals surface area contributed by atoms with E-state index < -0.39 is 10.0 Å². The molecule has 5 rings (SSSR count). The second-order valence-corrected chi connectivity index (χ2v) is 12.9. The van der Waals surface area contributed by atoms with Gasteiger partial charge in [-0.2, -0.15) is 4.31 Å². The van der Waals surface area contributed by atoms with Crippen LogP contribution < -0.4 is 10.2 Å². The number of rotatable bonds is 9. The Morgan fingerprint density at radius 3 is 2.55 bits per heavy atom. The predicted molar refractivity (Wildman–Crippen MR) is 154 cm³/mol. The fourth-order valence-electron chi connectivity index (χ4n) is 6.36. The molecule has 6 nitrogen and oxygen atoms in total. The summed E-state index contributed by atoms with van der Waals surface area (Å²) < 4.78 is 29.8. The Kier molecular flexibility index (Phi) is 8.54. The van der Waals surface area contributed by atoms with Crippen LogP contribution in [0.15, 0.2) is 59.5 Å². The predicted octanol–water partition coefficient (Wildman–Crippen LogP) is 6.28. The molecule has 1 aliphatic heterocycles. The molecule has 3 aliphatic rings. The molecule has 1 heterocycles. The molecule has 0 atom stereocenters. The van der Waals surface area contributed by atoms with Crippen molar-refractivity contribution in [3.05, 3.63) is 65.7 Å². The zero-order chi connectivity index (χ0) is 26.5. The van der Waals surface area contributed by atoms with E-state index in [1.165, 1.54) is 24.1 Å². The fraction of sp³-hybridized carbons (Fsp3) is 0.516. The Hall–Kier alpha value is -2.64. The third-order valence-electron chi connectivity index (χ3n) is 8.44. The number of aryl methyl sites for hydroxylation is 1. The maximum Gasteiger partial charge on any atom is 0.248 e. The van der Waals surface area contributed by atoms with Crippen LogP contribution in [0.5, 0.6) is 0 Å². The van der Waals surface area contributed by atoms with Crippen LogP contribution in [0.2, 0.25) is 0 Å². The second kappa shape index (κ2) is 12.0. The van der Waals surface area contributed by atoms with Crippen LogP contribution in [-0.2, 0) is 27.8 Å². The molecule has 0 unspecified atom stereocenters. The van der Waals surface area contributed by atoms with Crippen molar-refractivity contribution in [2.45, 2.75) is 88.6 Å². The lowest BCUT2D eigenvalue weighted by Gasteiger charge is -2.32. The van der Waals surface area contributed by atoms with E-state index in [9.17, 15) is 13.2 Å². The Morgan fingerprint density at radius 1 is 1.03 bits per heavy atom. The van der Waals surface area contributed by atoms with Gasteiger partial charge in [0.25, 0.3) is 0 Å². The van der Waals surface area contributed by atoms with Crippen LogP contribution >= 0.6 is 0 Å². The lowest BCUT2D eigenvalue weighted by Crippen LogP contribution is -2.38. The van der Waals surface area contributed by atoms with Crippen molar-refractivity contribution in [2.24, 2.45) is 5.92 Å². The third kappa shape index (κ3) is 6.15. The van der Waals surface area contributed by atoms with E-state index in [4.69, 9.17) is 0 Å². The van der Waals surface area contributed by atoms with Crippen LogP contribution in [0.4, 0.5) is 11.4 Å². The largest absolute Gasteiger partial charge is 0.372 e. The van der Waals surface area contributed by atoms with Crippen molar-refractivity contribution in [1.29, 1.82) is 0 Å². The number of amides is 1. The Bertz CT molecular complexity index is 1260. The quantitative estimate of drug-likeness (QED) is 0.384. The molecule has 0 radical (unpaired) electrons. The van der Waals surface area contributed by atoms with Crippen LogP contribution in [0, 0.1) is 5.92 Å². The monoisotopic (exact) mass is 535 g/mol. The van der Waals surface area contributed by atoms with Gasteiger partial charge in [0.2, 0.25) is 15.9 Å². The molecule has 7 heteroatoms. The van der Waals surface area contributed by atoms with Crippen molar-refractivity contribution >= 4 is 27.3 Å². The lowest BCUT2D eigenvalue weighted by atomic mass is 9.99. The fourth-order valence-corrected chi connectivity index (χ4v) is 8.08. The zero-order valence-corrected chi connectivity index (χ0v) is 23.4. The number of fused-ring (bicyclic) bond motifs is 1. The number of carbonyl (C=O) groups excluding carboxylic acids is 1. The van der Waals surface area contributed by atoms with Crippen LogP contribution in [0.25, 0.3) is 0 Å². The number of anilines is 2. The Morgan fingerprint density at radius 2 is 1.79 bits per heavy atom. The number of nitrogens with zero attached hydrogens (tertiary/aromatic N) is 2. The van der Waals surface area contributed by atoms with Crippen molar-refractivity contribution in [3.63, 3.8) is 0 Å². The van der Waals surface area contributed by atoms with Gasteiger partial charge in [-0.15, -0.1) is 0 Å². The van der Waals surface area contributed by atoms with Crippen LogP contribution in [-0.4, -0.2) is 37.8 Å². The number of carbonyl (C=O) groups is 1. The van der Waals surface area contributed by atoms with Crippen molar-refractivity contribution in [2.75, 3.05) is 23.3 Å². The molecule has 38 heavy (non-hydrogen) atoms. The molecule has 2 aliphatic carbocycles. The Labute approximate surface area is 228 Å². The molecule has 0 spiro atoms. The van der Waals surface area contributed by atoms with Crippen LogP contribution in [0.1, 0.15) is 75.8 Å². The highest BCUT2D eigenvalue weighted by molar-refractivity contribution is 7.89. The molecule has 2 aromatic rings. The smallest absolute Gasteiger partial charge is 0.248 e. The van der Waals surface area contributed by atoms with E-state index in [-0.39, 0.29) is 16.8 Å². The average Bonchev–Trinajstić information content (AvgIpc) is 3.65. The number of allylic oxidation sites excluding steroid dienone is 1. The molecule has 0 saturated heterocycles. The molecule has 1 N–H and O–H groups in total. The summed E-state index contributed by atoms with van der Waals surface area (Å²) in [6, 6.07) is 13.2. The first-order valence-electron chi connectivity index (χ1n) is 14.4. The van der Waals surface area contributed by atoms with E-state index in [2.05, 4.69) is 35.3 Å². The lowest BCUT2D eigenvalue weighted by molar-refractivity contribution is -0.111. The molecule has 0 aromatic heterocycles.